The Morgan fingerprint density at radius 3 is 3.17 bits per heavy atom. The summed E-state index contributed by atoms with van der Waals surface area (Å²) in [5, 5.41) is 6.61. The Bertz CT molecular complexity index is 589. The maximum absolute atomic E-state index is 5.53. The summed E-state index contributed by atoms with van der Waals surface area (Å²) in [4.78, 5) is 4.65. The third-order valence-corrected chi connectivity index (χ3v) is 4.17. The van der Waals surface area contributed by atoms with E-state index < -0.39 is 0 Å². The molecule has 1 aromatic heterocycles. The van der Waals surface area contributed by atoms with Crippen LogP contribution in [0, 0.1) is 0 Å². The summed E-state index contributed by atoms with van der Waals surface area (Å²) in [6.07, 6.45) is 3.58. The summed E-state index contributed by atoms with van der Waals surface area (Å²) in [6, 6.07) is 7.03. The predicted octanol–water partition coefficient (Wildman–Crippen LogP) is 3.32. The predicted molar refractivity (Wildman–Crippen MR) is 73.4 cm³/mol. The summed E-state index contributed by atoms with van der Waals surface area (Å²) >= 11 is 1.69. The van der Waals surface area contributed by atoms with Gasteiger partial charge in [0, 0.05) is 23.4 Å². The summed E-state index contributed by atoms with van der Waals surface area (Å²) < 4.78 is 5.53. The number of ether oxygens (including phenoxy) is 1. The molecule has 2 aliphatic rings. The molecule has 2 heterocycles. The van der Waals surface area contributed by atoms with Crippen molar-refractivity contribution < 1.29 is 4.74 Å². The van der Waals surface area contributed by atoms with Crippen molar-refractivity contribution >= 4 is 16.5 Å². The van der Waals surface area contributed by atoms with Crippen LogP contribution in [0.5, 0.6) is 5.75 Å². The van der Waals surface area contributed by atoms with Crippen LogP contribution in [0.2, 0.25) is 0 Å². The Kier molecular flexibility index (Phi) is 2.30. The molecule has 1 N–H and O–H groups in total. The molecular formula is C14H14N2OS. The van der Waals surface area contributed by atoms with Gasteiger partial charge in [-0.1, -0.05) is 0 Å². The third-order valence-electron chi connectivity index (χ3n) is 3.39. The molecule has 1 aliphatic heterocycles. The highest BCUT2D eigenvalue weighted by atomic mass is 32.1. The molecule has 1 saturated carbocycles. The lowest BCUT2D eigenvalue weighted by molar-refractivity contribution is 0.357. The van der Waals surface area contributed by atoms with Gasteiger partial charge in [0.05, 0.1) is 12.3 Å². The Labute approximate surface area is 110 Å². The number of nitrogens with zero attached hydrogens (tertiary/aromatic N) is 1. The van der Waals surface area contributed by atoms with Gasteiger partial charge in [-0.25, -0.2) is 4.98 Å². The Hall–Kier alpha value is -1.55. The molecule has 0 amide bonds. The second kappa shape index (κ2) is 3.99. The van der Waals surface area contributed by atoms with Crippen LogP contribution in [0.4, 0.5) is 5.13 Å². The minimum absolute atomic E-state index is 0.664. The SMILES string of the molecule is c1cc2c(cc1-c1csc(NC3CC3)n1)CCO2. The van der Waals surface area contributed by atoms with Crippen LogP contribution in [0.3, 0.4) is 0 Å². The second-order valence-corrected chi connectivity index (χ2v) is 5.74. The van der Waals surface area contributed by atoms with Gasteiger partial charge in [0.25, 0.3) is 0 Å². The van der Waals surface area contributed by atoms with Gasteiger partial charge >= 0.3 is 0 Å². The van der Waals surface area contributed by atoms with E-state index in [1.54, 1.807) is 11.3 Å². The fraction of sp³-hybridized carbons (Fsp3) is 0.357. The fourth-order valence-electron chi connectivity index (χ4n) is 2.22. The standard InChI is InChI=1S/C14H14N2OS/c1-4-13-10(5-6-17-13)7-9(1)12-8-18-14(16-12)15-11-2-3-11/h1,4,7-8,11H,2-3,5-6H2,(H,15,16). The topological polar surface area (TPSA) is 34.2 Å². The number of nitrogens with one attached hydrogen (secondary N) is 1. The number of benzene rings is 1. The lowest BCUT2D eigenvalue weighted by Crippen LogP contribution is -1.99. The average molecular weight is 258 g/mol. The van der Waals surface area contributed by atoms with E-state index in [1.807, 2.05) is 0 Å². The highest BCUT2D eigenvalue weighted by molar-refractivity contribution is 7.14. The van der Waals surface area contributed by atoms with Gasteiger partial charge in [0.1, 0.15) is 5.75 Å². The van der Waals surface area contributed by atoms with Gasteiger partial charge in [0.2, 0.25) is 0 Å². The molecule has 1 fully saturated rings. The first-order chi connectivity index (χ1) is 8.88. The van der Waals surface area contributed by atoms with E-state index >= 15 is 0 Å². The number of thiazole rings is 1. The molecule has 0 atom stereocenters. The lowest BCUT2D eigenvalue weighted by atomic mass is 10.1. The highest BCUT2D eigenvalue weighted by Gasteiger charge is 2.22. The van der Waals surface area contributed by atoms with Crippen LogP contribution in [-0.4, -0.2) is 17.6 Å². The van der Waals surface area contributed by atoms with Gasteiger partial charge < -0.3 is 10.1 Å². The van der Waals surface area contributed by atoms with Crippen molar-refractivity contribution in [1.82, 2.24) is 4.98 Å². The van der Waals surface area contributed by atoms with Crippen LogP contribution < -0.4 is 10.1 Å². The first-order valence-electron chi connectivity index (χ1n) is 6.37. The van der Waals surface area contributed by atoms with E-state index in [0.717, 1.165) is 29.6 Å². The molecule has 18 heavy (non-hydrogen) atoms. The molecule has 3 nitrogen and oxygen atoms in total. The van der Waals surface area contributed by atoms with Crippen molar-refractivity contribution in [3.05, 3.63) is 29.1 Å². The van der Waals surface area contributed by atoms with E-state index in [9.17, 15) is 0 Å². The van der Waals surface area contributed by atoms with Gasteiger partial charge in [0.15, 0.2) is 5.13 Å². The molecule has 4 heteroatoms. The quantitative estimate of drug-likeness (QED) is 0.917. The van der Waals surface area contributed by atoms with E-state index in [2.05, 4.69) is 33.9 Å². The van der Waals surface area contributed by atoms with Crippen molar-refractivity contribution in [1.29, 1.82) is 0 Å². The minimum atomic E-state index is 0.664. The van der Waals surface area contributed by atoms with Crippen LogP contribution in [0.1, 0.15) is 18.4 Å². The summed E-state index contributed by atoms with van der Waals surface area (Å²) in [7, 11) is 0. The van der Waals surface area contributed by atoms with E-state index in [4.69, 9.17) is 4.74 Å². The molecule has 4 rings (SSSR count). The fourth-order valence-corrected chi connectivity index (χ4v) is 3.02. The number of anilines is 1. The van der Waals surface area contributed by atoms with Crippen LogP contribution in [-0.2, 0) is 6.42 Å². The normalized spacial score (nSPS) is 17.3. The highest BCUT2D eigenvalue weighted by Crippen LogP contribution is 2.33. The van der Waals surface area contributed by atoms with E-state index in [-0.39, 0.29) is 0 Å². The maximum Gasteiger partial charge on any atom is 0.183 e. The maximum atomic E-state index is 5.53. The zero-order chi connectivity index (χ0) is 11.9. The van der Waals surface area contributed by atoms with Crippen LogP contribution >= 0.6 is 11.3 Å². The number of rotatable bonds is 3. The molecule has 0 radical (unpaired) electrons. The van der Waals surface area contributed by atoms with Crippen molar-refractivity contribution in [2.75, 3.05) is 11.9 Å². The Balaban J connectivity index is 1.63. The third kappa shape index (κ3) is 1.86. The molecule has 0 saturated heterocycles. The van der Waals surface area contributed by atoms with E-state index in [1.165, 1.54) is 24.0 Å². The molecule has 0 unspecified atom stereocenters. The van der Waals surface area contributed by atoms with Gasteiger partial charge in [-0.3, -0.25) is 0 Å². The molecular weight excluding hydrogens is 244 g/mol. The van der Waals surface area contributed by atoms with Gasteiger partial charge in [-0.2, -0.15) is 0 Å². The number of hydrogen-bond donors (Lipinski definition) is 1. The molecule has 0 bridgehead atoms. The second-order valence-electron chi connectivity index (χ2n) is 4.88. The monoisotopic (exact) mass is 258 g/mol. The van der Waals surface area contributed by atoms with E-state index in [0.29, 0.717) is 6.04 Å². The van der Waals surface area contributed by atoms with Crippen molar-refractivity contribution in [2.45, 2.75) is 25.3 Å². The summed E-state index contributed by atoms with van der Waals surface area (Å²) in [6.45, 7) is 0.810. The average Bonchev–Trinajstić information content (AvgIpc) is 2.91. The van der Waals surface area contributed by atoms with Crippen molar-refractivity contribution in [3.63, 3.8) is 0 Å². The van der Waals surface area contributed by atoms with Crippen molar-refractivity contribution in [2.24, 2.45) is 0 Å². The smallest absolute Gasteiger partial charge is 0.183 e. The first-order valence-corrected chi connectivity index (χ1v) is 7.24. The molecule has 0 spiro atoms. The summed E-state index contributed by atoms with van der Waals surface area (Å²) in [5.74, 6) is 1.03. The number of fused-ring (bicyclic) bond motifs is 1. The van der Waals surface area contributed by atoms with Crippen LogP contribution in [0.25, 0.3) is 11.3 Å². The Morgan fingerprint density at radius 2 is 2.28 bits per heavy atom. The largest absolute Gasteiger partial charge is 0.493 e. The number of hydrogen-bond acceptors (Lipinski definition) is 4. The number of aromatic nitrogens is 1. The molecule has 2 aromatic rings. The molecule has 92 valence electrons. The molecule has 1 aliphatic carbocycles. The van der Waals surface area contributed by atoms with Crippen LogP contribution in [0.15, 0.2) is 23.6 Å². The Morgan fingerprint density at radius 1 is 1.33 bits per heavy atom. The van der Waals surface area contributed by atoms with Gasteiger partial charge in [-0.15, -0.1) is 11.3 Å². The zero-order valence-corrected chi connectivity index (χ0v) is 10.8. The molecule has 1 aromatic carbocycles. The summed E-state index contributed by atoms with van der Waals surface area (Å²) in [5.41, 5.74) is 3.56. The minimum Gasteiger partial charge on any atom is -0.493 e. The lowest BCUT2D eigenvalue weighted by Gasteiger charge is -2.01. The first kappa shape index (κ1) is 10.4. The zero-order valence-electron chi connectivity index (χ0n) is 9.98. The van der Waals surface area contributed by atoms with Crippen molar-refractivity contribution in [3.8, 4) is 17.0 Å². The van der Waals surface area contributed by atoms with Gasteiger partial charge in [-0.05, 0) is 36.6 Å².